The van der Waals surface area contributed by atoms with Crippen LogP contribution < -0.4 is 20.5 Å². The van der Waals surface area contributed by atoms with Crippen LogP contribution in [0.1, 0.15) is 26.4 Å². The summed E-state index contributed by atoms with van der Waals surface area (Å²) < 4.78 is 11.4. The Balaban J connectivity index is 0.00000259. The molecular weight excluding hydrogens is 462 g/mol. The van der Waals surface area contributed by atoms with Gasteiger partial charge in [0.2, 0.25) is 6.10 Å². The first-order valence-electron chi connectivity index (χ1n) is 10.5. The van der Waals surface area contributed by atoms with Gasteiger partial charge in [-0.15, -0.1) is 23.7 Å². The summed E-state index contributed by atoms with van der Waals surface area (Å²) in [6.07, 6.45) is -0.0946. The zero-order valence-corrected chi connectivity index (χ0v) is 19.4. The fraction of sp³-hybridized carbons (Fsp3) is 0.250. The van der Waals surface area contributed by atoms with Crippen molar-refractivity contribution in [3.05, 3.63) is 76.2 Å². The molecular formula is C24H24ClN3O4S. The number of ether oxygens (including phenoxy) is 2. The van der Waals surface area contributed by atoms with Gasteiger partial charge in [-0.2, -0.15) is 0 Å². The number of para-hydroxylation sites is 2. The van der Waals surface area contributed by atoms with Gasteiger partial charge in [0.25, 0.3) is 11.8 Å². The molecule has 2 aliphatic heterocycles. The zero-order chi connectivity index (χ0) is 22.1. The molecule has 7 nitrogen and oxygen atoms in total. The molecule has 0 radical (unpaired) electrons. The number of fused-ring (bicyclic) bond motifs is 2. The van der Waals surface area contributed by atoms with Crippen LogP contribution in [0.25, 0.3) is 0 Å². The van der Waals surface area contributed by atoms with E-state index in [2.05, 4.69) is 22.3 Å². The van der Waals surface area contributed by atoms with E-state index in [-0.39, 0.29) is 24.9 Å². The predicted octanol–water partition coefficient (Wildman–Crippen LogP) is 3.61. The van der Waals surface area contributed by atoms with Gasteiger partial charge in [0.1, 0.15) is 11.6 Å². The molecule has 1 unspecified atom stereocenters. The minimum absolute atomic E-state index is 0. The van der Waals surface area contributed by atoms with Crippen molar-refractivity contribution in [1.29, 1.82) is 0 Å². The van der Waals surface area contributed by atoms with Crippen LogP contribution in [0.15, 0.2) is 54.6 Å². The van der Waals surface area contributed by atoms with Crippen molar-refractivity contribution >= 4 is 40.6 Å². The second kappa shape index (κ2) is 9.82. The molecule has 1 aromatic heterocycles. The van der Waals surface area contributed by atoms with E-state index in [4.69, 9.17) is 15.2 Å². The molecule has 3 heterocycles. The van der Waals surface area contributed by atoms with Crippen LogP contribution in [-0.2, 0) is 24.3 Å². The van der Waals surface area contributed by atoms with E-state index in [1.807, 2.05) is 30.3 Å². The monoisotopic (exact) mass is 485 g/mol. The fourth-order valence-corrected chi connectivity index (χ4v) is 5.42. The van der Waals surface area contributed by atoms with Crippen LogP contribution in [0.3, 0.4) is 0 Å². The van der Waals surface area contributed by atoms with Gasteiger partial charge in [0.05, 0.1) is 5.56 Å². The molecule has 33 heavy (non-hydrogen) atoms. The number of primary amides is 1. The lowest BCUT2D eigenvalue weighted by Crippen LogP contribution is -2.40. The molecule has 2 amide bonds. The van der Waals surface area contributed by atoms with E-state index in [0.29, 0.717) is 35.0 Å². The maximum atomic E-state index is 12.9. The van der Waals surface area contributed by atoms with Crippen LogP contribution in [0, 0.1) is 0 Å². The van der Waals surface area contributed by atoms with Crippen molar-refractivity contribution in [1.82, 2.24) is 4.90 Å². The number of hydrogen-bond acceptors (Lipinski definition) is 6. The van der Waals surface area contributed by atoms with Crippen LogP contribution >= 0.6 is 23.7 Å². The largest absolute Gasteiger partial charge is 0.485 e. The van der Waals surface area contributed by atoms with Gasteiger partial charge >= 0.3 is 0 Å². The highest BCUT2D eigenvalue weighted by atomic mass is 35.5. The van der Waals surface area contributed by atoms with Crippen LogP contribution in [0.4, 0.5) is 5.00 Å². The Morgan fingerprint density at radius 1 is 1.09 bits per heavy atom. The molecule has 3 aromatic rings. The van der Waals surface area contributed by atoms with E-state index in [1.165, 1.54) is 16.9 Å². The summed E-state index contributed by atoms with van der Waals surface area (Å²) in [6.45, 7) is 2.47. The molecule has 172 valence electrons. The standard InChI is InChI=1S/C24H23N3O4S.ClH/c25-22(28)21-16-10-11-27(12-15-6-2-1-3-7-15)13-20(16)32-24(21)26-23(29)19-14-30-17-8-4-5-9-18(17)31-19;/h1-9,19H,10-14H2,(H2,25,28)(H,26,29);1H. The average molecular weight is 486 g/mol. The Hall–Kier alpha value is -3.07. The number of nitrogens with zero attached hydrogens (tertiary/aromatic N) is 1. The predicted molar refractivity (Wildman–Crippen MR) is 129 cm³/mol. The molecule has 9 heteroatoms. The molecule has 5 rings (SSSR count). The number of carbonyl (C=O) groups is 2. The van der Waals surface area contributed by atoms with Crippen molar-refractivity contribution in [2.45, 2.75) is 25.6 Å². The molecule has 0 aliphatic carbocycles. The highest BCUT2D eigenvalue weighted by molar-refractivity contribution is 7.17. The Morgan fingerprint density at radius 3 is 2.58 bits per heavy atom. The summed E-state index contributed by atoms with van der Waals surface area (Å²) in [5, 5.41) is 3.35. The van der Waals surface area contributed by atoms with Crippen LogP contribution in [0.5, 0.6) is 11.5 Å². The van der Waals surface area contributed by atoms with Gasteiger partial charge in [-0.05, 0) is 29.7 Å². The lowest BCUT2D eigenvalue weighted by molar-refractivity contribution is -0.125. The first-order valence-corrected chi connectivity index (χ1v) is 11.3. The number of nitrogens with one attached hydrogen (secondary N) is 1. The summed E-state index contributed by atoms with van der Waals surface area (Å²) in [6, 6.07) is 17.5. The van der Waals surface area contributed by atoms with Gasteiger partial charge in [-0.25, -0.2) is 0 Å². The van der Waals surface area contributed by atoms with Gasteiger partial charge in [-0.3, -0.25) is 14.5 Å². The van der Waals surface area contributed by atoms with Crippen molar-refractivity contribution in [2.24, 2.45) is 5.73 Å². The van der Waals surface area contributed by atoms with Crippen molar-refractivity contribution in [2.75, 3.05) is 18.5 Å². The minimum Gasteiger partial charge on any atom is -0.485 e. The average Bonchev–Trinajstić information content (AvgIpc) is 3.16. The number of benzene rings is 2. The van der Waals surface area contributed by atoms with Crippen molar-refractivity contribution in [3.8, 4) is 11.5 Å². The van der Waals surface area contributed by atoms with Gasteiger partial charge in [0, 0.05) is 24.5 Å². The van der Waals surface area contributed by atoms with E-state index in [1.54, 1.807) is 12.1 Å². The number of carbonyl (C=O) groups excluding carboxylic acids is 2. The van der Waals surface area contributed by atoms with E-state index >= 15 is 0 Å². The number of nitrogens with two attached hydrogens (primary N) is 1. The van der Waals surface area contributed by atoms with Crippen molar-refractivity contribution < 1.29 is 19.1 Å². The first kappa shape index (κ1) is 23.1. The number of hydrogen-bond donors (Lipinski definition) is 2. The lowest BCUT2D eigenvalue weighted by Gasteiger charge is -2.27. The second-order valence-corrected chi connectivity index (χ2v) is 8.98. The molecule has 2 aromatic carbocycles. The van der Waals surface area contributed by atoms with Crippen LogP contribution in [0.2, 0.25) is 0 Å². The van der Waals surface area contributed by atoms with E-state index < -0.39 is 12.0 Å². The zero-order valence-electron chi connectivity index (χ0n) is 17.8. The topological polar surface area (TPSA) is 93.9 Å². The summed E-state index contributed by atoms with van der Waals surface area (Å²) in [7, 11) is 0. The maximum Gasteiger partial charge on any atom is 0.269 e. The third-order valence-electron chi connectivity index (χ3n) is 5.67. The highest BCUT2D eigenvalue weighted by Gasteiger charge is 2.31. The number of thiophene rings is 1. The molecule has 3 N–H and O–H groups in total. The number of halogens is 1. The second-order valence-electron chi connectivity index (χ2n) is 7.87. The molecule has 0 fully saturated rings. The molecule has 1 atom stereocenters. The van der Waals surface area contributed by atoms with Crippen LogP contribution in [-0.4, -0.2) is 36.0 Å². The highest BCUT2D eigenvalue weighted by Crippen LogP contribution is 2.38. The minimum atomic E-state index is -0.806. The number of rotatable bonds is 5. The maximum absolute atomic E-state index is 12.9. The van der Waals surface area contributed by atoms with E-state index in [9.17, 15) is 9.59 Å². The summed E-state index contributed by atoms with van der Waals surface area (Å²) in [5.74, 6) is 0.248. The molecule has 0 saturated carbocycles. The summed E-state index contributed by atoms with van der Waals surface area (Å²) >= 11 is 1.41. The lowest BCUT2D eigenvalue weighted by atomic mass is 10.0. The first-order chi connectivity index (χ1) is 15.6. The van der Waals surface area contributed by atoms with Gasteiger partial charge < -0.3 is 20.5 Å². The molecule has 0 spiro atoms. The molecule has 0 saturated heterocycles. The molecule has 0 bridgehead atoms. The van der Waals surface area contributed by atoms with Gasteiger partial charge in [-0.1, -0.05) is 42.5 Å². The Labute approximate surface area is 201 Å². The smallest absolute Gasteiger partial charge is 0.269 e. The summed E-state index contributed by atoms with van der Waals surface area (Å²) in [5.41, 5.74) is 8.30. The fourth-order valence-electron chi connectivity index (χ4n) is 4.12. The number of anilines is 1. The third-order valence-corrected chi connectivity index (χ3v) is 6.80. The normalized spacial score (nSPS) is 16.9. The summed E-state index contributed by atoms with van der Waals surface area (Å²) in [4.78, 5) is 28.5. The van der Waals surface area contributed by atoms with Gasteiger partial charge in [0.15, 0.2) is 11.5 Å². The quantitative estimate of drug-likeness (QED) is 0.576. The Kier molecular flexibility index (Phi) is 6.88. The Bertz CT molecular complexity index is 1170. The SMILES string of the molecule is Cl.NC(=O)c1c(NC(=O)C2COc3ccccc3O2)sc2c1CCN(Cc1ccccc1)C2. The molecule has 2 aliphatic rings. The third kappa shape index (κ3) is 4.83. The Morgan fingerprint density at radius 2 is 1.82 bits per heavy atom. The van der Waals surface area contributed by atoms with E-state index in [0.717, 1.165) is 23.5 Å². The number of amides is 2. The van der Waals surface area contributed by atoms with Crippen molar-refractivity contribution in [3.63, 3.8) is 0 Å².